The number of alkyl halides is 3. The molecular weight excluding hydrogens is 215 g/mol. The lowest BCUT2D eigenvalue weighted by Gasteiger charge is -2.33. The van der Waals surface area contributed by atoms with E-state index in [0.717, 1.165) is 19.3 Å². The van der Waals surface area contributed by atoms with E-state index in [9.17, 15) is 13.2 Å². The lowest BCUT2D eigenvalue weighted by Crippen LogP contribution is -2.50. The van der Waals surface area contributed by atoms with Crippen molar-refractivity contribution in [1.29, 1.82) is 0 Å². The summed E-state index contributed by atoms with van der Waals surface area (Å²) in [5, 5.41) is 2.74. The Hall–Kier alpha value is -0.250. The highest BCUT2D eigenvalue weighted by Gasteiger charge is 2.41. The van der Waals surface area contributed by atoms with E-state index >= 15 is 0 Å². The van der Waals surface area contributed by atoms with E-state index in [0.29, 0.717) is 6.42 Å². The molecule has 0 aromatic carbocycles. The van der Waals surface area contributed by atoms with Crippen LogP contribution in [-0.2, 0) is 0 Å². The number of nitrogens with one attached hydrogen (secondary N) is 1. The maximum atomic E-state index is 12.5. The van der Waals surface area contributed by atoms with Crippen molar-refractivity contribution in [2.45, 2.75) is 71.1 Å². The van der Waals surface area contributed by atoms with E-state index in [2.05, 4.69) is 26.1 Å². The highest BCUT2D eigenvalue weighted by atomic mass is 19.4. The van der Waals surface area contributed by atoms with E-state index < -0.39 is 12.2 Å². The second-order valence-electron chi connectivity index (χ2n) is 5.99. The maximum absolute atomic E-state index is 12.5. The van der Waals surface area contributed by atoms with Gasteiger partial charge < -0.3 is 5.32 Å². The summed E-state index contributed by atoms with van der Waals surface area (Å²) >= 11 is 0. The molecule has 1 saturated heterocycles. The number of hydrogen-bond acceptors (Lipinski definition) is 1. The van der Waals surface area contributed by atoms with Gasteiger partial charge in [0.25, 0.3) is 0 Å². The van der Waals surface area contributed by atoms with E-state index in [-0.39, 0.29) is 17.9 Å². The molecule has 0 aromatic rings. The van der Waals surface area contributed by atoms with Gasteiger partial charge in [-0.25, -0.2) is 0 Å². The summed E-state index contributed by atoms with van der Waals surface area (Å²) in [6, 6.07) is -1.24. The van der Waals surface area contributed by atoms with Crippen LogP contribution < -0.4 is 5.32 Å². The minimum atomic E-state index is -4.08. The topological polar surface area (TPSA) is 12.0 Å². The first kappa shape index (κ1) is 13.8. The molecule has 1 rings (SSSR count). The molecule has 1 heterocycles. The fraction of sp³-hybridized carbons (Fsp3) is 1.00. The summed E-state index contributed by atoms with van der Waals surface area (Å²) in [7, 11) is 0. The molecule has 1 aliphatic rings. The van der Waals surface area contributed by atoms with Crippen LogP contribution in [0.4, 0.5) is 13.2 Å². The summed E-state index contributed by atoms with van der Waals surface area (Å²) < 4.78 is 37.6. The van der Waals surface area contributed by atoms with Gasteiger partial charge in [-0.15, -0.1) is 0 Å². The maximum Gasteiger partial charge on any atom is 0.403 e. The fourth-order valence-corrected chi connectivity index (χ4v) is 2.11. The van der Waals surface area contributed by atoms with Gasteiger partial charge in [-0.2, -0.15) is 13.2 Å². The fourth-order valence-electron chi connectivity index (χ4n) is 2.11. The SMILES string of the molecule is CC(C)(C)CCC1CCCC(C(F)(F)F)N1. The Morgan fingerprint density at radius 3 is 2.25 bits per heavy atom. The predicted molar refractivity (Wildman–Crippen MR) is 59.3 cm³/mol. The first-order valence-electron chi connectivity index (χ1n) is 6.01. The molecule has 1 nitrogen and oxygen atoms in total. The lowest BCUT2D eigenvalue weighted by molar-refractivity contribution is -0.163. The van der Waals surface area contributed by atoms with Gasteiger partial charge >= 0.3 is 6.18 Å². The highest BCUT2D eigenvalue weighted by molar-refractivity contribution is 4.85. The third-order valence-electron chi connectivity index (χ3n) is 3.12. The Morgan fingerprint density at radius 1 is 1.12 bits per heavy atom. The first-order chi connectivity index (χ1) is 7.18. The second-order valence-corrected chi connectivity index (χ2v) is 5.99. The molecule has 1 aliphatic heterocycles. The van der Waals surface area contributed by atoms with Crippen LogP contribution in [0.1, 0.15) is 52.9 Å². The Bertz CT molecular complexity index is 217. The standard InChI is InChI=1S/C12H22F3N/c1-11(2,3)8-7-9-5-4-6-10(16-9)12(13,14)15/h9-10,16H,4-8H2,1-3H3. The molecule has 0 amide bonds. The van der Waals surface area contributed by atoms with Crippen molar-refractivity contribution >= 4 is 0 Å². The van der Waals surface area contributed by atoms with Gasteiger partial charge in [-0.3, -0.25) is 0 Å². The Kier molecular flexibility index (Phi) is 4.27. The quantitative estimate of drug-likeness (QED) is 0.768. The molecule has 2 atom stereocenters. The number of hydrogen-bond donors (Lipinski definition) is 1. The molecule has 2 unspecified atom stereocenters. The summed E-state index contributed by atoms with van der Waals surface area (Å²) in [5.74, 6) is 0. The van der Waals surface area contributed by atoms with Crippen molar-refractivity contribution in [2.75, 3.05) is 0 Å². The van der Waals surface area contributed by atoms with Gasteiger partial charge in [0.2, 0.25) is 0 Å². The number of rotatable bonds is 2. The van der Waals surface area contributed by atoms with Gasteiger partial charge in [0.1, 0.15) is 6.04 Å². The van der Waals surface area contributed by atoms with Gasteiger partial charge in [0.15, 0.2) is 0 Å². The minimum absolute atomic E-state index is 0.0413. The second kappa shape index (κ2) is 4.94. The van der Waals surface area contributed by atoms with Crippen LogP contribution in [-0.4, -0.2) is 18.3 Å². The van der Waals surface area contributed by atoms with Gasteiger partial charge in [0.05, 0.1) is 0 Å². The Balaban J connectivity index is 2.39. The zero-order chi connectivity index (χ0) is 12.4. The zero-order valence-corrected chi connectivity index (χ0v) is 10.3. The number of halogens is 3. The molecule has 4 heteroatoms. The molecule has 96 valence electrons. The molecule has 0 aliphatic carbocycles. The van der Waals surface area contributed by atoms with E-state index in [1.54, 1.807) is 0 Å². The Morgan fingerprint density at radius 2 is 1.75 bits per heavy atom. The molecule has 1 fully saturated rings. The molecule has 1 N–H and O–H groups in total. The van der Waals surface area contributed by atoms with Crippen molar-refractivity contribution in [1.82, 2.24) is 5.32 Å². The Labute approximate surface area is 95.8 Å². The van der Waals surface area contributed by atoms with Gasteiger partial charge in [-0.05, 0) is 31.1 Å². The molecule has 0 spiro atoms. The molecule has 0 radical (unpaired) electrons. The highest BCUT2D eigenvalue weighted by Crippen LogP contribution is 2.30. The summed E-state index contributed by atoms with van der Waals surface area (Å²) in [5.41, 5.74) is 0.201. The average molecular weight is 237 g/mol. The normalized spacial score (nSPS) is 28.1. The van der Waals surface area contributed by atoms with Gasteiger partial charge in [0, 0.05) is 6.04 Å². The van der Waals surface area contributed by atoms with Crippen LogP contribution in [0.2, 0.25) is 0 Å². The van der Waals surface area contributed by atoms with E-state index in [1.165, 1.54) is 0 Å². The smallest absolute Gasteiger partial charge is 0.303 e. The lowest BCUT2D eigenvalue weighted by atomic mass is 9.86. The van der Waals surface area contributed by atoms with Crippen LogP contribution in [0.5, 0.6) is 0 Å². The van der Waals surface area contributed by atoms with Crippen LogP contribution in [0.25, 0.3) is 0 Å². The van der Waals surface area contributed by atoms with Crippen molar-refractivity contribution in [3.05, 3.63) is 0 Å². The van der Waals surface area contributed by atoms with Crippen molar-refractivity contribution in [2.24, 2.45) is 5.41 Å². The summed E-state index contributed by atoms with van der Waals surface area (Å²) in [6.07, 6.45) is -0.476. The first-order valence-corrected chi connectivity index (χ1v) is 6.01. The van der Waals surface area contributed by atoms with Crippen molar-refractivity contribution in [3.8, 4) is 0 Å². The van der Waals surface area contributed by atoms with E-state index in [1.807, 2.05) is 0 Å². The van der Waals surface area contributed by atoms with Crippen LogP contribution >= 0.6 is 0 Å². The molecule has 0 bridgehead atoms. The average Bonchev–Trinajstić information content (AvgIpc) is 2.13. The van der Waals surface area contributed by atoms with Crippen LogP contribution in [0.15, 0.2) is 0 Å². The predicted octanol–water partition coefficient (Wildman–Crippen LogP) is 3.89. The zero-order valence-electron chi connectivity index (χ0n) is 10.3. The van der Waals surface area contributed by atoms with E-state index in [4.69, 9.17) is 0 Å². The molecule has 0 saturated carbocycles. The van der Waals surface area contributed by atoms with Crippen LogP contribution in [0.3, 0.4) is 0 Å². The molecular formula is C12H22F3N. The molecule has 0 aromatic heterocycles. The number of piperidine rings is 1. The summed E-state index contributed by atoms with van der Waals surface area (Å²) in [4.78, 5) is 0. The van der Waals surface area contributed by atoms with Gasteiger partial charge in [-0.1, -0.05) is 27.2 Å². The van der Waals surface area contributed by atoms with Crippen molar-refractivity contribution < 1.29 is 13.2 Å². The monoisotopic (exact) mass is 237 g/mol. The minimum Gasteiger partial charge on any atom is -0.303 e. The van der Waals surface area contributed by atoms with Crippen LogP contribution in [0, 0.1) is 5.41 Å². The van der Waals surface area contributed by atoms with Crippen molar-refractivity contribution in [3.63, 3.8) is 0 Å². The molecule has 16 heavy (non-hydrogen) atoms. The summed E-state index contributed by atoms with van der Waals surface area (Å²) in [6.45, 7) is 6.37. The third-order valence-corrected chi connectivity index (χ3v) is 3.12. The third kappa shape index (κ3) is 4.73. The largest absolute Gasteiger partial charge is 0.403 e.